The molecule has 116 valence electrons. The van der Waals surface area contributed by atoms with E-state index in [1.165, 1.54) is 28.9 Å². The van der Waals surface area contributed by atoms with Gasteiger partial charge in [-0.1, -0.05) is 6.07 Å². The number of carbonyl (C=O) groups excluding carboxylic acids is 1. The number of urea groups is 1. The number of anilines is 2. The summed E-state index contributed by atoms with van der Waals surface area (Å²) in [5, 5.41) is 8.31. The molecule has 4 N–H and O–H groups in total. The molecule has 0 unspecified atom stereocenters. The van der Waals surface area contributed by atoms with Gasteiger partial charge in [0.1, 0.15) is 0 Å². The van der Waals surface area contributed by atoms with Gasteiger partial charge in [-0.3, -0.25) is 0 Å². The van der Waals surface area contributed by atoms with Gasteiger partial charge < -0.3 is 16.4 Å². The maximum absolute atomic E-state index is 11.9. The molecule has 6 heteroatoms. The number of aromatic nitrogens is 1. The Balaban J connectivity index is 1.41. The van der Waals surface area contributed by atoms with Crippen LogP contribution in [0.1, 0.15) is 29.7 Å². The number of amides is 2. The minimum absolute atomic E-state index is 0.157. The van der Waals surface area contributed by atoms with E-state index in [1.54, 1.807) is 0 Å². The van der Waals surface area contributed by atoms with E-state index in [9.17, 15) is 4.79 Å². The number of fused-ring (bicyclic) bond motifs is 1. The van der Waals surface area contributed by atoms with E-state index in [2.05, 4.69) is 27.8 Å². The lowest BCUT2D eigenvalue weighted by Crippen LogP contribution is -2.29. The molecule has 0 spiro atoms. The molecule has 0 aliphatic heterocycles. The van der Waals surface area contributed by atoms with Gasteiger partial charge in [-0.25, -0.2) is 9.78 Å². The van der Waals surface area contributed by atoms with Gasteiger partial charge in [0.15, 0.2) is 5.13 Å². The van der Waals surface area contributed by atoms with Crippen molar-refractivity contribution in [2.75, 3.05) is 17.6 Å². The normalized spacial score (nSPS) is 12.9. The van der Waals surface area contributed by atoms with Crippen molar-refractivity contribution < 1.29 is 4.79 Å². The predicted molar refractivity (Wildman–Crippen MR) is 90.3 cm³/mol. The average Bonchev–Trinajstić information content (AvgIpc) is 3.12. The van der Waals surface area contributed by atoms with Gasteiger partial charge >= 0.3 is 6.03 Å². The van der Waals surface area contributed by atoms with E-state index in [0.717, 1.165) is 37.1 Å². The summed E-state index contributed by atoms with van der Waals surface area (Å²) in [7, 11) is 0. The Labute approximate surface area is 133 Å². The summed E-state index contributed by atoms with van der Waals surface area (Å²) in [4.78, 5) is 16.1. The van der Waals surface area contributed by atoms with Gasteiger partial charge in [-0.05, 0) is 55.4 Å². The Bertz CT molecular complexity index is 668. The molecular formula is C16H20N4OS. The second-order valence-electron chi connectivity index (χ2n) is 5.50. The number of aryl methyl sites for hydroxylation is 3. The lowest BCUT2D eigenvalue weighted by Gasteiger charge is -2.09. The first-order valence-electron chi connectivity index (χ1n) is 7.57. The summed E-state index contributed by atoms with van der Waals surface area (Å²) in [6, 6.07) is 6.02. The molecule has 2 aromatic rings. The molecule has 1 aromatic heterocycles. The van der Waals surface area contributed by atoms with Gasteiger partial charge in [0.05, 0.1) is 5.69 Å². The van der Waals surface area contributed by atoms with Crippen LogP contribution in [-0.2, 0) is 19.3 Å². The number of hydrogen-bond acceptors (Lipinski definition) is 4. The molecule has 0 fully saturated rings. The van der Waals surface area contributed by atoms with Crippen molar-refractivity contribution in [3.05, 3.63) is 40.4 Å². The predicted octanol–water partition coefficient (Wildman–Crippen LogP) is 2.97. The smallest absolute Gasteiger partial charge is 0.319 e. The maximum Gasteiger partial charge on any atom is 0.319 e. The Hall–Kier alpha value is -2.08. The van der Waals surface area contributed by atoms with E-state index < -0.39 is 0 Å². The van der Waals surface area contributed by atoms with Crippen molar-refractivity contribution >= 4 is 28.2 Å². The van der Waals surface area contributed by atoms with Crippen molar-refractivity contribution in [2.45, 2.75) is 32.1 Å². The third-order valence-electron chi connectivity index (χ3n) is 3.82. The molecule has 0 bridgehead atoms. The summed E-state index contributed by atoms with van der Waals surface area (Å²) in [5.41, 5.74) is 10.2. The third-order valence-corrected chi connectivity index (χ3v) is 4.54. The number of rotatable bonds is 5. The number of benzene rings is 1. The highest BCUT2D eigenvalue weighted by Crippen LogP contribution is 2.24. The molecule has 0 atom stereocenters. The minimum atomic E-state index is -0.157. The standard InChI is InChI=1S/C16H20N4OS/c17-15-19-14(10-22-15)5-2-8-18-16(21)20-13-7-6-11-3-1-4-12(11)9-13/h6-7,9-10H,1-5,8H2,(H2,17,19)(H2,18,20,21). The van der Waals surface area contributed by atoms with Crippen LogP contribution in [0.25, 0.3) is 0 Å². The summed E-state index contributed by atoms with van der Waals surface area (Å²) in [5.74, 6) is 0. The largest absolute Gasteiger partial charge is 0.375 e. The molecule has 22 heavy (non-hydrogen) atoms. The minimum Gasteiger partial charge on any atom is -0.375 e. The van der Waals surface area contributed by atoms with Crippen LogP contribution in [0.2, 0.25) is 0 Å². The number of nitrogens with zero attached hydrogens (tertiary/aromatic N) is 1. The third kappa shape index (κ3) is 3.76. The quantitative estimate of drug-likeness (QED) is 0.742. The highest BCUT2D eigenvalue weighted by atomic mass is 32.1. The fourth-order valence-electron chi connectivity index (χ4n) is 2.73. The Morgan fingerprint density at radius 2 is 2.18 bits per heavy atom. The fraction of sp³-hybridized carbons (Fsp3) is 0.375. The number of carbonyl (C=O) groups is 1. The van der Waals surface area contributed by atoms with E-state index >= 15 is 0 Å². The topological polar surface area (TPSA) is 80.0 Å². The van der Waals surface area contributed by atoms with Crippen LogP contribution in [0, 0.1) is 0 Å². The summed E-state index contributed by atoms with van der Waals surface area (Å²) in [6.45, 7) is 0.619. The molecule has 0 saturated carbocycles. The van der Waals surface area contributed by atoms with Crippen LogP contribution in [-0.4, -0.2) is 17.6 Å². The molecular weight excluding hydrogens is 296 g/mol. The number of nitrogens with two attached hydrogens (primary N) is 1. The van der Waals surface area contributed by atoms with E-state index in [1.807, 2.05) is 11.4 Å². The number of nitrogen functional groups attached to an aromatic ring is 1. The summed E-state index contributed by atoms with van der Waals surface area (Å²) < 4.78 is 0. The lowest BCUT2D eigenvalue weighted by atomic mass is 10.1. The Morgan fingerprint density at radius 3 is 3.00 bits per heavy atom. The zero-order valence-electron chi connectivity index (χ0n) is 12.4. The molecule has 0 saturated heterocycles. The summed E-state index contributed by atoms with van der Waals surface area (Å²) in [6.07, 6.45) is 5.16. The molecule has 1 aromatic carbocycles. The first kappa shape index (κ1) is 14.8. The van der Waals surface area contributed by atoms with Crippen LogP contribution in [0.15, 0.2) is 23.6 Å². The monoisotopic (exact) mass is 316 g/mol. The van der Waals surface area contributed by atoms with E-state index in [4.69, 9.17) is 5.73 Å². The van der Waals surface area contributed by atoms with Crippen molar-refractivity contribution in [3.63, 3.8) is 0 Å². The molecule has 5 nitrogen and oxygen atoms in total. The van der Waals surface area contributed by atoms with Gasteiger partial charge in [0.2, 0.25) is 0 Å². The van der Waals surface area contributed by atoms with Gasteiger partial charge in [0.25, 0.3) is 0 Å². The molecule has 1 heterocycles. The highest BCUT2D eigenvalue weighted by Gasteiger charge is 2.11. The molecule has 1 aliphatic rings. The molecule has 2 amide bonds. The van der Waals surface area contributed by atoms with Crippen molar-refractivity contribution in [2.24, 2.45) is 0 Å². The first-order chi connectivity index (χ1) is 10.7. The zero-order chi connectivity index (χ0) is 15.4. The van der Waals surface area contributed by atoms with Crippen LogP contribution in [0.4, 0.5) is 15.6 Å². The van der Waals surface area contributed by atoms with Crippen LogP contribution >= 0.6 is 11.3 Å². The van der Waals surface area contributed by atoms with Gasteiger partial charge in [-0.15, -0.1) is 11.3 Å². The molecule has 3 rings (SSSR count). The van der Waals surface area contributed by atoms with Crippen molar-refractivity contribution in [3.8, 4) is 0 Å². The molecule has 0 radical (unpaired) electrons. The SMILES string of the molecule is Nc1nc(CCCNC(=O)Nc2ccc3c(c2)CCC3)cs1. The zero-order valence-corrected chi connectivity index (χ0v) is 13.2. The Kier molecular flexibility index (Phi) is 4.58. The van der Waals surface area contributed by atoms with E-state index in [0.29, 0.717) is 11.7 Å². The number of thiazole rings is 1. The van der Waals surface area contributed by atoms with Crippen LogP contribution in [0.3, 0.4) is 0 Å². The van der Waals surface area contributed by atoms with Crippen molar-refractivity contribution in [1.82, 2.24) is 10.3 Å². The van der Waals surface area contributed by atoms with Gasteiger partial charge in [0, 0.05) is 17.6 Å². The summed E-state index contributed by atoms with van der Waals surface area (Å²) >= 11 is 1.45. The number of nitrogens with one attached hydrogen (secondary N) is 2. The van der Waals surface area contributed by atoms with E-state index in [-0.39, 0.29) is 6.03 Å². The maximum atomic E-state index is 11.9. The average molecular weight is 316 g/mol. The first-order valence-corrected chi connectivity index (χ1v) is 8.45. The van der Waals surface area contributed by atoms with Crippen LogP contribution in [0.5, 0.6) is 0 Å². The Morgan fingerprint density at radius 1 is 1.32 bits per heavy atom. The van der Waals surface area contributed by atoms with Gasteiger partial charge in [-0.2, -0.15) is 0 Å². The fourth-order valence-corrected chi connectivity index (χ4v) is 3.33. The lowest BCUT2D eigenvalue weighted by molar-refractivity contribution is 0.252. The second-order valence-corrected chi connectivity index (χ2v) is 6.39. The van der Waals surface area contributed by atoms with Crippen molar-refractivity contribution in [1.29, 1.82) is 0 Å². The second kappa shape index (κ2) is 6.79. The molecule has 1 aliphatic carbocycles. The van der Waals surface area contributed by atoms with Crippen LogP contribution < -0.4 is 16.4 Å². The number of hydrogen-bond donors (Lipinski definition) is 3. The highest BCUT2D eigenvalue weighted by molar-refractivity contribution is 7.13.